The van der Waals surface area contributed by atoms with Crippen molar-refractivity contribution in [2.45, 2.75) is 13.8 Å². The number of nitrogens with zero attached hydrogens (tertiary/aromatic N) is 2. The van der Waals surface area contributed by atoms with Gasteiger partial charge in [-0.15, -0.1) is 0 Å². The first-order valence-electron chi connectivity index (χ1n) is 8.38. The van der Waals surface area contributed by atoms with E-state index < -0.39 is 6.03 Å². The van der Waals surface area contributed by atoms with E-state index in [0.29, 0.717) is 17.3 Å². The summed E-state index contributed by atoms with van der Waals surface area (Å²) in [6.07, 6.45) is 3.09. The van der Waals surface area contributed by atoms with E-state index >= 15 is 0 Å². The summed E-state index contributed by atoms with van der Waals surface area (Å²) in [5.41, 5.74) is 2.41. The standard InChI is InChI=1S/C14H16N4O2.C4H9NO/c1-9-4-5-12(20-3)11(6-9)17-14(19)18-13-8-15-10(2)7-16-13;1-3-6-4-2-5-1/h4-8H,1-3H3,(H2,16,17,18,19);5H,1-4H2. The van der Waals surface area contributed by atoms with Gasteiger partial charge in [-0.1, -0.05) is 6.07 Å². The van der Waals surface area contributed by atoms with Gasteiger partial charge in [0.25, 0.3) is 0 Å². The molecule has 2 aromatic rings. The fourth-order valence-corrected chi connectivity index (χ4v) is 2.16. The lowest BCUT2D eigenvalue weighted by atomic mass is 10.2. The maximum absolute atomic E-state index is 11.9. The number of aromatic nitrogens is 2. The van der Waals surface area contributed by atoms with Gasteiger partial charge in [0.15, 0.2) is 5.82 Å². The third-order valence-electron chi connectivity index (χ3n) is 3.47. The van der Waals surface area contributed by atoms with Gasteiger partial charge in [0.1, 0.15) is 5.75 Å². The Kier molecular flexibility index (Phi) is 7.78. The monoisotopic (exact) mass is 359 g/mol. The van der Waals surface area contributed by atoms with Crippen molar-refractivity contribution >= 4 is 17.5 Å². The van der Waals surface area contributed by atoms with Crippen LogP contribution in [0.4, 0.5) is 16.3 Å². The molecule has 0 bridgehead atoms. The summed E-state index contributed by atoms with van der Waals surface area (Å²) in [6, 6.07) is 5.15. The number of methoxy groups -OCH3 is 1. The Bertz CT molecular complexity index is 691. The molecule has 1 saturated heterocycles. The van der Waals surface area contributed by atoms with E-state index in [-0.39, 0.29) is 0 Å². The first-order valence-corrected chi connectivity index (χ1v) is 8.38. The average Bonchev–Trinajstić information content (AvgIpc) is 2.66. The van der Waals surface area contributed by atoms with Gasteiger partial charge in [-0.3, -0.25) is 10.3 Å². The van der Waals surface area contributed by atoms with Gasteiger partial charge < -0.3 is 20.1 Å². The number of urea groups is 1. The zero-order valence-electron chi connectivity index (χ0n) is 15.3. The van der Waals surface area contributed by atoms with Crippen LogP contribution in [0, 0.1) is 13.8 Å². The lowest BCUT2D eigenvalue weighted by molar-refractivity contribution is 0.109. The number of morpholine rings is 1. The molecule has 1 aliphatic rings. The van der Waals surface area contributed by atoms with Crippen molar-refractivity contribution < 1.29 is 14.3 Å². The van der Waals surface area contributed by atoms with Crippen molar-refractivity contribution in [3.63, 3.8) is 0 Å². The number of aryl methyl sites for hydroxylation is 2. The van der Waals surface area contributed by atoms with Crippen LogP contribution in [-0.4, -0.2) is 49.4 Å². The molecule has 26 heavy (non-hydrogen) atoms. The number of rotatable bonds is 3. The van der Waals surface area contributed by atoms with E-state index in [9.17, 15) is 4.79 Å². The lowest BCUT2D eigenvalue weighted by Crippen LogP contribution is -2.30. The number of hydrogen-bond donors (Lipinski definition) is 3. The molecule has 0 unspecified atom stereocenters. The highest BCUT2D eigenvalue weighted by atomic mass is 16.5. The van der Waals surface area contributed by atoms with E-state index in [0.717, 1.165) is 37.6 Å². The lowest BCUT2D eigenvalue weighted by Gasteiger charge is -2.11. The second kappa shape index (κ2) is 10.3. The molecule has 2 heterocycles. The minimum absolute atomic E-state index is 0.389. The Morgan fingerprint density at radius 1 is 1.15 bits per heavy atom. The SMILES string of the molecule is C1COCCN1.COc1ccc(C)cc1NC(=O)Nc1cnc(C)cn1. The molecule has 3 N–H and O–H groups in total. The maximum Gasteiger partial charge on any atom is 0.324 e. The molecule has 1 fully saturated rings. The highest BCUT2D eigenvalue weighted by Crippen LogP contribution is 2.25. The first kappa shape index (κ1) is 19.6. The van der Waals surface area contributed by atoms with Crippen LogP contribution < -0.4 is 20.7 Å². The first-order chi connectivity index (χ1) is 12.6. The summed E-state index contributed by atoms with van der Waals surface area (Å²) < 4.78 is 10.2. The number of amides is 2. The van der Waals surface area contributed by atoms with E-state index in [1.807, 2.05) is 26.0 Å². The van der Waals surface area contributed by atoms with Crippen molar-refractivity contribution in [3.05, 3.63) is 41.9 Å². The molecule has 0 spiro atoms. The van der Waals surface area contributed by atoms with Crippen molar-refractivity contribution in [1.82, 2.24) is 15.3 Å². The second-order valence-electron chi connectivity index (χ2n) is 5.69. The molecule has 0 atom stereocenters. The topological polar surface area (TPSA) is 97.4 Å². The third kappa shape index (κ3) is 6.66. The van der Waals surface area contributed by atoms with Crippen LogP contribution in [0.1, 0.15) is 11.3 Å². The maximum atomic E-state index is 11.9. The fourth-order valence-electron chi connectivity index (χ4n) is 2.16. The fraction of sp³-hybridized carbons (Fsp3) is 0.389. The molecule has 8 nitrogen and oxygen atoms in total. The number of benzene rings is 1. The Hall–Kier alpha value is -2.71. The Morgan fingerprint density at radius 3 is 2.46 bits per heavy atom. The summed E-state index contributed by atoms with van der Waals surface area (Å²) in [5, 5.41) is 8.49. The molecule has 2 amide bonds. The van der Waals surface area contributed by atoms with Crippen LogP contribution in [0.2, 0.25) is 0 Å². The molecule has 1 aromatic heterocycles. The third-order valence-corrected chi connectivity index (χ3v) is 3.47. The summed E-state index contributed by atoms with van der Waals surface area (Å²) in [4.78, 5) is 20.0. The van der Waals surface area contributed by atoms with Crippen LogP contribution in [0.25, 0.3) is 0 Å². The van der Waals surface area contributed by atoms with Crippen molar-refractivity contribution in [2.24, 2.45) is 0 Å². The minimum Gasteiger partial charge on any atom is -0.495 e. The molecule has 1 aliphatic heterocycles. The van der Waals surface area contributed by atoms with Gasteiger partial charge in [0.05, 0.1) is 44.1 Å². The minimum atomic E-state index is -0.396. The van der Waals surface area contributed by atoms with Gasteiger partial charge in [0, 0.05) is 13.1 Å². The molecule has 1 aromatic carbocycles. The molecule has 140 valence electrons. The van der Waals surface area contributed by atoms with Gasteiger partial charge in [-0.25, -0.2) is 9.78 Å². The number of carbonyl (C=O) groups is 1. The summed E-state index contributed by atoms with van der Waals surface area (Å²) in [5.74, 6) is 0.987. The Morgan fingerprint density at radius 2 is 1.92 bits per heavy atom. The average molecular weight is 359 g/mol. The molecule has 0 aliphatic carbocycles. The molecular weight excluding hydrogens is 334 g/mol. The van der Waals surface area contributed by atoms with Crippen LogP contribution in [0.15, 0.2) is 30.6 Å². The van der Waals surface area contributed by atoms with Gasteiger partial charge >= 0.3 is 6.03 Å². The Balaban J connectivity index is 0.000000342. The quantitative estimate of drug-likeness (QED) is 0.778. The highest BCUT2D eigenvalue weighted by Gasteiger charge is 2.08. The van der Waals surface area contributed by atoms with Crippen LogP contribution in [-0.2, 0) is 4.74 Å². The van der Waals surface area contributed by atoms with E-state index in [4.69, 9.17) is 9.47 Å². The van der Waals surface area contributed by atoms with Crippen molar-refractivity contribution in [3.8, 4) is 5.75 Å². The van der Waals surface area contributed by atoms with E-state index in [1.54, 1.807) is 19.4 Å². The van der Waals surface area contributed by atoms with Gasteiger partial charge in [-0.2, -0.15) is 0 Å². The number of ether oxygens (including phenoxy) is 2. The van der Waals surface area contributed by atoms with Gasteiger partial charge in [0.2, 0.25) is 0 Å². The summed E-state index contributed by atoms with van der Waals surface area (Å²) >= 11 is 0. The largest absolute Gasteiger partial charge is 0.495 e. The zero-order chi connectivity index (χ0) is 18.8. The molecule has 3 rings (SSSR count). The molecule has 8 heteroatoms. The van der Waals surface area contributed by atoms with Crippen LogP contribution >= 0.6 is 0 Å². The highest BCUT2D eigenvalue weighted by molar-refractivity contribution is 6.00. The predicted octanol–water partition coefficient (Wildman–Crippen LogP) is 2.35. The normalized spacial score (nSPS) is 13.2. The van der Waals surface area contributed by atoms with Crippen LogP contribution in [0.3, 0.4) is 0 Å². The Labute approximate surface area is 153 Å². The smallest absolute Gasteiger partial charge is 0.324 e. The summed E-state index contributed by atoms with van der Waals surface area (Å²) in [6.45, 7) is 7.60. The number of anilines is 2. The second-order valence-corrected chi connectivity index (χ2v) is 5.69. The predicted molar refractivity (Wildman–Crippen MR) is 101 cm³/mol. The zero-order valence-corrected chi connectivity index (χ0v) is 15.3. The molecule has 0 saturated carbocycles. The van der Waals surface area contributed by atoms with E-state index in [1.165, 1.54) is 6.20 Å². The number of nitrogens with one attached hydrogen (secondary N) is 3. The van der Waals surface area contributed by atoms with Crippen molar-refractivity contribution in [1.29, 1.82) is 0 Å². The molecule has 0 radical (unpaired) electrons. The number of carbonyl (C=O) groups excluding carboxylic acids is 1. The van der Waals surface area contributed by atoms with Crippen LogP contribution in [0.5, 0.6) is 5.75 Å². The van der Waals surface area contributed by atoms with Gasteiger partial charge in [-0.05, 0) is 31.5 Å². The van der Waals surface area contributed by atoms with E-state index in [2.05, 4.69) is 25.9 Å². The van der Waals surface area contributed by atoms with Crippen molar-refractivity contribution in [2.75, 3.05) is 44.0 Å². The molecular formula is C18H25N5O3. The summed E-state index contributed by atoms with van der Waals surface area (Å²) in [7, 11) is 1.55. The number of hydrogen-bond acceptors (Lipinski definition) is 6.